The van der Waals surface area contributed by atoms with E-state index in [0.717, 1.165) is 22.5 Å². The van der Waals surface area contributed by atoms with Crippen molar-refractivity contribution in [2.75, 3.05) is 0 Å². The summed E-state index contributed by atoms with van der Waals surface area (Å²) in [7, 11) is 0. The average Bonchev–Trinajstić information content (AvgIpc) is 2.61. The summed E-state index contributed by atoms with van der Waals surface area (Å²) >= 11 is 0. The molecule has 3 aromatic rings. The van der Waals surface area contributed by atoms with E-state index in [1.165, 1.54) is 0 Å². The lowest BCUT2D eigenvalue weighted by atomic mass is 10.1. The number of para-hydroxylation sites is 4. The fourth-order valence-corrected chi connectivity index (χ4v) is 2.36. The zero-order chi connectivity index (χ0) is 16.8. The average molecular weight is 318 g/mol. The zero-order valence-electron chi connectivity index (χ0n) is 13.1. The Labute approximate surface area is 141 Å². The first-order chi connectivity index (χ1) is 11.7. The van der Waals surface area contributed by atoms with Crippen LogP contribution in [-0.4, -0.2) is 10.2 Å². The lowest BCUT2D eigenvalue weighted by Gasteiger charge is -2.11. The topological polar surface area (TPSA) is 68.7 Å². The van der Waals surface area contributed by atoms with Crippen LogP contribution >= 0.6 is 0 Å². The predicted molar refractivity (Wildman–Crippen MR) is 93.7 cm³/mol. The first-order valence-corrected chi connectivity index (χ1v) is 7.72. The molecule has 0 unspecified atom stereocenters. The minimum atomic E-state index is 0.241. The van der Waals surface area contributed by atoms with E-state index in [2.05, 4.69) is 10.6 Å². The third-order valence-corrected chi connectivity index (χ3v) is 3.70. The van der Waals surface area contributed by atoms with Crippen LogP contribution in [0.3, 0.4) is 0 Å². The summed E-state index contributed by atoms with van der Waals surface area (Å²) < 4.78 is 0. The second-order valence-corrected chi connectivity index (χ2v) is 5.38. The molecule has 0 aliphatic rings. The molecule has 24 heavy (non-hydrogen) atoms. The van der Waals surface area contributed by atoms with E-state index in [4.69, 9.17) is 0 Å². The highest BCUT2D eigenvalue weighted by Gasteiger charge is 2.07. The Morgan fingerprint density at radius 2 is 0.917 bits per heavy atom. The summed E-state index contributed by atoms with van der Waals surface area (Å²) in [6, 6.07) is 21.9. The summed E-state index contributed by atoms with van der Waals surface area (Å²) in [5.74, 6) is 0.481. The minimum Gasteiger partial charge on any atom is -0.508 e. The molecule has 0 aliphatic carbocycles. The van der Waals surface area contributed by atoms with Crippen molar-refractivity contribution >= 4 is 11.4 Å². The lowest BCUT2D eigenvalue weighted by Crippen LogP contribution is -2.04. The predicted octanol–water partition coefficient (Wildman–Crippen LogP) is 3.97. The van der Waals surface area contributed by atoms with Gasteiger partial charge in [-0.3, -0.25) is 10.6 Å². The lowest BCUT2D eigenvalue weighted by molar-refractivity contribution is 0.465. The molecule has 0 heterocycles. The highest BCUT2D eigenvalue weighted by Crippen LogP contribution is 2.25. The molecule has 3 rings (SSSR count). The van der Waals surface area contributed by atoms with Crippen LogP contribution in [0.4, 0.5) is 11.4 Å². The Bertz CT molecular complexity index is 749. The molecule has 120 valence electrons. The molecule has 3 aromatic carbocycles. The van der Waals surface area contributed by atoms with Crippen LogP contribution in [0.25, 0.3) is 0 Å². The Hall–Kier alpha value is -3.14. The van der Waals surface area contributed by atoms with Crippen molar-refractivity contribution in [2.45, 2.75) is 13.1 Å². The van der Waals surface area contributed by atoms with E-state index >= 15 is 0 Å². The van der Waals surface area contributed by atoms with E-state index in [0.29, 0.717) is 13.1 Å². The molecule has 0 saturated carbocycles. The maximum atomic E-state index is 9.83. The van der Waals surface area contributed by atoms with E-state index in [-0.39, 0.29) is 11.5 Å². The number of phenolic OH excluding ortho intramolecular Hbond substituents is 2. The smallest absolute Gasteiger partial charge is 0.120 e. The van der Waals surface area contributed by atoms with Gasteiger partial charge < -0.3 is 10.2 Å². The number of benzene rings is 3. The maximum Gasteiger partial charge on any atom is 0.120 e. The van der Waals surface area contributed by atoms with Crippen LogP contribution < -0.4 is 10.6 Å². The van der Waals surface area contributed by atoms with Crippen molar-refractivity contribution in [3.05, 3.63) is 83.9 Å². The third-order valence-electron chi connectivity index (χ3n) is 3.70. The van der Waals surface area contributed by atoms with Crippen molar-refractivity contribution in [1.82, 2.24) is 10.6 Å². The van der Waals surface area contributed by atoms with Gasteiger partial charge in [0.25, 0.3) is 0 Å². The summed E-state index contributed by atoms with van der Waals surface area (Å²) in [5.41, 5.74) is 3.06. The fraction of sp³-hybridized carbons (Fsp3) is 0.100. The molecule has 0 aromatic heterocycles. The Kier molecular flexibility index (Phi) is 4.87. The summed E-state index contributed by atoms with van der Waals surface area (Å²) in [5, 5.41) is 28.8. The molecular formula is C20H18N2O2. The number of nitrogens with zero attached hydrogens (tertiary/aromatic N) is 2. The van der Waals surface area contributed by atoms with Crippen LogP contribution in [0.15, 0.2) is 72.8 Å². The Balaban J connectivity index is 1.69. The largest absolute Gasteiger partial charge is 0.508 e. The van der Waals surface area contributed by atoms with Gasteiger partial charge in [0, 0.05) is 11.1 Å². The quantitative estimate of drug-likeness (QED) is 0.722. The number of hydrogen-bond acceptors (Lipinski definition) is 2. The number of hydrogen-bond donors (Lipinski definition) is 2. The molecule has 4 heteroatoms. The molecule has 4 nitrogen and oxygen atoms in total. The van der Waals surface area contributed by atoms with Crippen molar-refractivity contribution in [3.63, 3.8) is 0 Å². The Morgan fingerprint density at radius 3 is 1.33 bits per heavy atom. The second-order valence-electron chi connectivity index (χ2n) is 5.38. The second kappa shape index (κ2) is 7.42. The van der Waals surface area contributed by atoms with Gasteiger partial charge in [-0.25, -0.2) is 0 Å². The van der Waals surface area contributed by atoms with E-state index in [1.807, 2.05) is 48.5 Å². The molecular weight excluding hydrogens is 300 g/mol. The first kappa shape index (κ1) is 15.7. The summed E-state index contributed by atoms with van der Waals surface area (Å²) in [6.07, 6.45) is 0. The summed E-state index contributed by atoms with van der Waals surface area (Å²) in [4.78, 5) is 0. The third kappa shape index (κ3) is 3.79. The molecule has 0 aliphatic heterocycles. The molecule has 0 bridgehead atoms. The molecule has 0 spiro atoms. The van der Waals surface area contributed by atoms with Gasteiger partial charge in [0.05, 0.1) is 24.5 Å². The van der Waals surface area contributed by atoms with Gasteiger partial charge in [0.15, 0.2) is 0 Å². The standard InChI is InChI=1S/C20H18N2O2/c23-19-11-5-1-7-15(19)13-21-17-9-3-4-10-18(17)22-14-16-8-2-6-12-20(16)24/h1-12,23-24H,13-14H2. The van der Waals surface area contributed by atoms with Gasteiger partial charge in [-0.15, -0.1) is 0 Å². The van der Waals surface area contributed by atoms with Gasteiger partial charge in [-0.1, -0.05) is 48.5 Å². The highest BCUT2D eigenvalue weighted by molar-refractivity contribution is 5.60. The fourth-order valence-electron chi connectivity index (χ4n) is 2.36. The molecule has 2 N–H and O–H groups in total. The van der Waals surface area contributed by atoms with Gasteiger partial charge in [0.2, 0.25) is 0 Å². The van der Waals surface area contributed by atoms with Crippen LogP contribution in [0.5, 0.6) is 11.5 Å². The number of rotatable bonds is 6. The number of aromatic hydroxyl groups is 2. The molecule has 0 saturated heterocycles. The highest BCUT2D eigenvalue weighted by atomic mass is 16.3. The van der Waals surface area contributed by atoms with Crippen molar-refractivity contribution in [2.24, 2.45) is 0 Å². The van der Waals surface area contributed by atoms with Gasteiger partial charge in [-0.2, -0.15) is 0 Å². The van der Waals surface area contributed by atoms with E-state index < -0.39 is 0 Å². The molecule has 0 atom stereocenters. The van der Waals surface area contributed by atoms with Crippen LogP contribution in [0, 0.1) is 0 Å². The van der Waals surface area contributed by atoms with Crippen molar-refractivity contribution in [3.8, 4) is 11.5 Å². The van der Waals surface area contributed by atoms with Crippen LogP contribution in [-0.2, 0) is 13.1 Å². The van der Waals surface area contributed by atoms with Crippen molar-refractivity contribution in [1.29, 1.82) is 0 Å². The monoisotopic (exact) mass is 318 g/mol. The summed E-state index contributed by atoms with van der Waals surface area (Å²) in [6.45, 7) is 0.769. The molecule has 0 amide bonds. The van der Waals surface area contributed by atoms with Gasteiger partial charge in [-0.05, 0) is 24.3 Å². The molecule has 2 radical (unpaired) electrons. The minimum absolute atomic E-state index is 0.241. The van der Waals surface area contributed by atoms with Gasteiger partial charge in [0.1, 0.15) is 11.5 Å². The molecule has 0 fully saturated rings. The van der Waals surface area contributed by atoms with Crippen LogP contribution in [0.1, 0.15) is 11.1 Å². The Morgan fingerprint density at radius 1 is 0.542 bits per heavy atom. The van der Waals surface area contributed by atoms with E-state index in [9.17, 15) is 10.2 Å². The van der Waals surface area contributed by atoms with E-state index in [1.54, 1.807) is 24.3 Å². The normalized spacial score (nSPS) is 10.3. The van der Waals surface area contributed by atoms with Crippen LogP contribution in [0.2, 0.25) is 0 Å². The maximum absolute atomic E-state index is 9.83. The first-order valence-electron chi connectivity index (χ1n) is 7.72. The SMILES string of the molecule is Oc1ccccc1C[N]c1ccccc1[N]Cc1ccccc1O. The zero-order valence-corrected chi connectivity index (χ0v) is 13.1. The van der Waals surface area contributed by atoms with Crippen molar-refractivity contribution < 1.29 is 10.2 Å². The number of phenols is 2. The van der Waals surface area contributed by atoms with Gasteiger partial charge >= 0.3 is 0 Å².